The summed E-state index contributed by atoms with van der Waals surface area (Å²) in [5.41, 5.74) is 5.58. The first-order valence-corrected chi connectivity index (χ1v) is 15.3. The number of alkyl halides is 1. The van der Waals surface area contributed by atoms with Crippen molar-refractivity contribution in [2.45, 2.75) is 43.4 Å². The van der Waals surface area contributed by atoms with E-state index in [0.29, 0.717) is 30.7 Å². The van der Waals surface area contributed by atoms with Crippen LogP contribution in [0.4, 0.5) is 29.7 Å². The zero-order valence-electron chi connectivity index (χ0n) is 24.0. The summed E-state index contributed by atoms with van der Waals surface area (Å²) in [7, 11) is 1.86. The van der Waals surface area contributed by atoms with Crippen molar-refractivity contribution >= 4 is 48.8 Å². The molecule has 9 nitrogen and oxygen atoms in total. The van der Waals surface area contributed by atoms with E-state index in [1.165, 1.54) is 18.2 Å². The Morgan fingerprint density at radius 1 is 1.36 bits per heavy atom. The number of ether oxygens (including phenoxy) is 1. The molecule has 3 aliphatic rings. The molecule has 3 fully saturated rings. The maximum atomic E-state index is 16.9. The van der Waals surface area contributed by atoms with Crippen molar-refractivity contribution in [2.24, 2.45) is 0 Å². The fraction of sp³-hybridized carbons (Fsp3) is 0.419. The number of hydrogen-bond acceptors (Lipinski definition) is 9. The van der Waals surface area contributed by atoms with Crippen molar-refractivity contribution in [3.8, 4) is 23.2 Å². The number of benzene rings is 2. The normalized spacial score (nSPS) is 23.2. The van der Waals surface area contributed by atoms with Gasteiger partial charge in [0.2, 0.25) is 5.69 Å². The average Bonchev–Trinajstić information content (AvgIpc) is 3.80. The van der Waals surface area contributed by atoms with Gasteiger partial charge in [0.25, 0.3) is 0 Å². The van der Waals surface area contributed by atoms with Crippen molar-refractivity contribution in [1.82, 2.24) is 20.2 Å². The van der Waals surface area contributed by atoms with Crippen LogP contribution in [0.1, 0.15) is 31.2 Å². The van der Waals surface area contributed by atoms with Crippen LogP contribution < -0.4 is 20.7 Å². The van der Waals surface area contributed by atoms with Gasteiger partial charge in [-0.2, -0.15) is 15.2 Å². The van der Waals surface area contributed by atoms with E-state index in [9.17, 15) is 14.0 Å². The Hall–Kier alpha value is -4.17. The van der Waals surface area contributed by atoms with Crippen molar-refractivity contribution in [2.75, 3.05) is 50.5 Å². The van der Waals surface area contributed by atoms with Gasteiger partial charge in [-0.05, 0) is 50.0 Å². The SMILES string of the molecule is [C-]#[N+]c1c(N)sc2c(F)ccc(-c3c(C#N)cc4c(N(C)[C@@H]5CCNC5)nc(OC[C@@]56CCCN5C[C@H](F)C6)nc4c3F)c12. The molecule has 7 rings (SSSR count). The van der Waals surface area contributed by atoms with Gasteiger partial charge in [0.05, 0.1) is 33.4 Å². The zero-order chi connectivity index (χ0) is 30.7. The summed E-state index contributed by atoms with van der Waals surface area (Å²) in [6, 6.07) is 6.19. The number of anilines is 2. The molecule has 0 amide bonds. The number of nitrogens with one attached hydrogen (secondary N) is 1. The summed E-state index contributed by atoms with van der Waals surface area (Å²) in [6.45, 7) is 10.5. The Balaban J connectivity index is 1.42. The number of nitrogens with two attached hydrogens (primary N) is 1. The standard InChI is InChI=1S/C31H29F3N8OS/c1-37-26-23-19(4-5-21(33)27(23)44-28(26)36)22-16(12-35)10-20-25(24(22)34)39-30(40-29(20)41(2)18-6-8-38-13-18)43-15-31-7-3-9-42(31)14-17(32)11-31/h4-5,10,17-18,38H,3,6-9,11,13-15,36H2,2H3/t17-,18-,31+/m1/s1. The lowest BCUT2D eigenvalue weighted by Gasteiger charge is -2.31. The molecule has 44 heavy (non-hydrogen) atoms. The minimum Gasteiger partial charge on any atom is -0.461 e. The number of nitrogen functional groups attached to an aromatic ring is 1. The quantitative estimate of drug-likeness (QED) is 0.271. The summed E-state index contributed by atoms with van der Waals surface area (Å²) >= 11 is 0.905. The monoisotopic (exact) mass is 618 g/mol. The average molecular weight is 619 g/mol. The highest BCUT2D eigenvalue weighted by atomic mass is 32.1. The second kappa shape index (κ2) is 10.8. The fourth-order valence-corrected chi connectivity index (χ4v) is 8.10. The van der Waals surface area contributed by atoms with E-state index in [4.69, 9.17) is 22.0 Å². The van der Waals surface area contributed by atoms with Crippen LogP contribution >= 0.6 is 11.3 Å². The lowest BCUT2D eigenvalue weighted by atomic mass is 9.94. The molecule has 3 atom stereocenters. The Bertz CT molecular complexity index is 1900. The minimum atomic E-state index is -0.934. The van der Waals surface area contributed by atoms with Crippen LogP contribution in [0.5, 0.6) is 6.01 Å². The number of thiophene rings is 1. The third-order valence-corrected chi connectivity index (χ3v) is 10.3. The molecule has 3 aliphatic heterocycles. The number of aromatic nitrogens is 2. The summed E-state index contributed by atoms with van der Waals surface area (Å²) in [5, 5.41) is 14.1. The lowest BCUT2D eigenvalue weighted by Crippen LogP contribution is -2.43. The molecule has 3 N–H and O–H groups in total. The minimum absolute atomic E-state index is 0.00635. The highest BCUT2D eigenvalue weighted by Gasteiger charge is 2.49. The first-order chi connectivity index (χ1) is 21.2. The number of fused-ring (bicyclic) bond motifs is 3. The smallest absolute Gasteiger partial charge is 0.319 e. The van der Waals surface area contributed by atoms with Gasteiger partial charge >= 0.3 is 6.01 Å². The Morgan fingerprint density at radius 2 is 2.20 bits per heavy atom. The van der Waals surface area contributed by atoms with E-state index in [2.05, 4.69) is 26.1 Å². The second-order valence-electron chi connectivity index (χ2n) is 11.8. The Labute approximate surface area is 255 Å². The van der Waals surface area contributed by atoms with Gasteiger partial charge in [-0.25, -0.2) is 18.0 Å². The molecular weight excluding hydrogens is 589 g/mol. The third-order valence-electron chi connectivity index (χ3n) is 9.33. The number of nitriles is 1. The van der Waals surface area contributed by atoms with Gasteiger partial charge in [-0.3, -0.25) is 4.90 Å². The molecule has 3 saturated heterocycles. The summed E-state index contributed by atoms with van der Waals surface area (Å²) < 4.78 is 52.4. The molecule has 0 saturated carbocycles. The highest BCUT2D eigenvalue weighted by molar-refractivity contribution is 7.23. The number of hydrogen-bond donors (Lipinski definition) is 2. The van der Waals surface area contributed by atoms with E-state index in [1.54, 1.807) is 0 Å². The van der Waals surface area contributed by atoms with Gasteiger partial charge < -0.3 is 20.7 Å². The van der Waals surface area contributed by atoms with E-state index in [-0.39, 0.29) is 61.6 Å². The maximum absolute atomic E-state index is 16.9. The van der Waals surface area contributed by atoms with Crippen LogP contribution in [0.25, 0.3) is 37.0 Å². The zero-order valence-corrected chi connectivity index (χ0v) is 24.8. The Kier molecular flexibility index (Phi) is 7.00. The molecule has 2 aromatic carbocycles. The van der Waals surface area contributed by atoms with Gasteiger partial charge in [-0.15, -0.1) is 11.3 Å². The predicted molar refractivity (Wildman–Crippen MR) is 164 cm³/mol. The van der Waals surface area contributed by atoms with Gasteiger partial charge in [0, 0.05) is 48.9 Å². The molecule has 0 bridgehead atoms. The van der Waals surface area contributed by atoms with E-state index in [0.717, 1.165) is 43.7 Å². The molecule has 0 spiro atoms. The number of nitrogens with zero attached hydrogens (tertiary/aromatic N) is 6. The van der Waals surface area contributed by atoms with Crippen LogP contribution in [0.2, 0.25) is 0 Å². The number of rotatable bonds is 6. The molecule has 0 unspecified atom stereocenters. The molecule has 2 aromatic heterocycles. The highest BCUT2D eigenvalue weighted by Crippen LogP contribution is 2.48. The predicted octanol–water partition coefficient (Wildman–Crippen LogP) is 5.55. The molecule has 5 heterocycles. The molecule has 4 aromatic rings. The van der Waals surface area contributed by atoms with Crippen LogP contribution in [-0.4, -0.2) is 72.5 Å². The van der Waals surface area contributed by atoms with Crippen molar-refractivity contribution in [3.05, 3.63) is 46.8 Å². The molecule has 13 heteroatoms. The lowest BCUT2D eigenvalue weighted by molar-refractivity contribution is 0.107. The molecule has 0 radical (unpaired) electrons. The number of likely N-dealkylation sites (N-methyl/N-ethyl adjacent to an activating group) is 1. The second-order valence-corrected chi connectivity index (χ2v) is 12.9. The van der Waals surface area contributed by atoms with Crippen LogP contribution in [-0.2, 0) is 0 Å². The number of halogens is 3. The summed E-state index contributed by atoms with van der Waals surface area (Å²) in [4.78, 5) is 16.8. The van der Waals surface area contributed by atoms with Crippen molar-refractivity contribution < 1.29 is 17.9 Å². The van der Waals surface area contributed by atoms with Gasteiger partial charge in [0.1, 0.15) is 29.9 Å². The molecule has 226 valence electrons. The maximum Gasteiger partial charge on any atom is 0.319 e. The van der Waals surface area contributed by atoms with Crippen LogP contribution in [0, 0.1) is 29.5 Å². The topological polar surface area (TPSA) is 108 Å². The van der Waals surface area contributed by atoms with E-state index >= 15 is 4.39 Å². The van der Waals surface area contributed by atoms with E-state index in [1.807, 2.05) is 11.9 Å². The first-order valence-electron chi connectivity index (χ1n) is 14.5. The van der Waals surface area contributed by atoms with E-state index < -0.39 is 23.3 Å². The van der Waals surface area contributed by atoms with Crippen molar-refractivity contribution in [1.29, 1.82) is 5.26 Å². The van der Waals surface area contributed by atoms with Crippen LogP contribution in [0.3, 0.4) is 0 Å². The first kappa shape index (κ1) is 28.6. The summed E-state index contributed by atoms with van der Waals surface area (Å²) in [5.74, 6) is -1.00. The van der Waals surface area contributed by atoms with Crippen molar-refractivity contribution in [3.63, 3.8) is 0 Å². The summed E-state index contributed by atoms with van der Waals surface area (Å²) in [6.07, 6.45) is 2.00. The Morgan fingerprint density at radius 3 is 2.95 bits per heavy atom. The fourth-order valence-electron chi connectivity index (χ4n) is 7.16. The molecule has 0 aliphatic carbocycles. The third kappa shape index (κ3) is 4.41. The molecular formula is C31H29F3N8OS. The largest absolute Gasteiger partial charge is 0.461 e. The van der Waals surface area contributed by atoms with Crippen LogP contribution in [0.15, 0.2) is 18.2 Å². The van der Waals surface area contributed by atoms with Gasteiger partial charge in [0.15, 0.2) is 5.82 Å². The van der Waals surface area contributed by atoms with Gasteiger partial charge in [-0.1, -0.05) is 6.07 Å².